The highest BCUT2D eigenvalue weighted by Crippen LogP contribution is 2.12. The minimum Gasteiger partial charge on any atom is -0.309 e. The van der Waals surface area contributed by atoms with Crippen molar-refractivity contribution in [2.24, 2.45) is 0 Å². The first-order valence-electron chi connectivity index (χ1n) is 5.78. The summed E-state index contributed by atoms with van der Waals surface area (Å²) in [6.07, 6.45) is 1.30. The zero-order valence-corrected chi connectivity index (χ0v) is 10.3. The summed E-state index contributed by atoms with van der Waals surface area (Å²) in [5.41, 5.74) is 0. The number of nitrogens with zero attached hydrogens (tertiary/aromatic N) is 2. The van der Waals surface area contributed by atoms with Gasteiger partial charge in [-0.25, -0.2) is 0 Å². The molecule has 0 aliphatic carbocycles. The van der Waals surface area contributed by atoms with E-state index in [0.29, 0.717) is 13.0 Å². The molecule has 1 atom stereocenters. The van der Waals surface area contributed by atoms with Gasteiger partial charge in [-0.3, -0.25) is 14.5 Å². The van der Waals surface area contributed by atoms with Gasteiger partial charge in [-0.15, -0.1) is 0 Å². The number of rotatable bonds is 6. The second-order valence-corrected chi connectivity index (χ2v) is 4.34. The van der Waals surface area contributed by atoms with Crippen LogP contribution in [0, 0.1) is 0 Å². The van der Waals surface area contributed by atoms with Crippen LogP contribution in [0.2, 0.25) is 0 Å². The van der Waals surface area contributed by atoms with Crippen LogP contribution in [-0.4, -0.2) is 61.4 Å². The lowest BCUT2D eigenvalue weighted by Crippen LogP contribution is -2.39. The fraction of sp³-hybridized carbons (Fsp3) is 0.818. The second kappa shape index (κ2) is 5.96. The first-order valence-corrected chi connectivity index (χ1v) is 5.78. The smallest absolute Gasteiger partial charge is 0.246 e. The third-order valence-corrected chi connectivity index (χ3v) is 2.73. The molecule has 0 spiro atoms. The highest BCUT2D eigenvalue weighted by molar-refractivity contribution is 6.05. The molecular formula is C11H21N3O2. The van der Waals surface area contributed by atoms with Gasteiger partial charge in [-0.05, 0) is 40.5 Å². The molecule has 0 aromatic heterocycles. The number of likely N-dealkylation sites (N-methyl/N-ethyl adjacent to an activating group) is 1. The van der Waals surface area contributed by atoms with Crippen LogP contribution < -0.4 is 5.32 Å². The third-order valence-electron chi connectivity index (χ3n) is 2.73. The van der Waals surface area contributed by atoms with Crippen molar-refractivity contribution in [3.8, 4) is 0 Å². The normalized spacial score (nSPS) is 21.2. The Morgan fingerprint density at radius 1 is 1.44 bits per heavy atom. The Morgan fingerprint density at radius 3 is 2.62 bits per heavy atom. The van der Waals surface area contributed by atoms with Gasteiger partial charge in [-0.1, -0.05) is 0 Å². The van der Waals surface area contributed by atoms with E-state index in [1.807, 2.05) is 21.0 Å². The second-order valence-electron chi connectivity index (χ2n) is 4.34. The minimum absolute atomic E-state index is 0.0578. The number of carbonyl (C=O) groups is 2. The Morgan fingerprint density at radius 2 is 2.12 bits per heavy atom. The van der Waals surface area contributed by atoms with E-state index in [2.05, 4.69) is 10.2 Å². The SMILES string of the molecule is CCN1C(=O)CC(NCCCN(C)C)C1=O. The molecule has 5 nitrogen and oxygen atoms in total. The number of likely N-dealkylation sites (tertiary alicyclic amines) is 1. The quantitative estimate of drug-likeness (QED) is 0.499. The van der Waals surface area contributed by atoms with Crippen LogP contribution in [0.1, 0.15) is 19.8 Å². The van der Waals surface area contributed by atoms with Crippen molar-refractivity contribution in [2.45, 2.75) is 25.8 Å². The van der Waals surface area contributed by atoms with Crippen molar-refractivity contribution in [2.75, 3.05) is 33.7 Å². The van der Waals surface area contributed by atoms with Crippen LogP contribution >= 0.6 is 0 Å². The molecule has 0 saturated carbocycles. The topological polar surface area (TPSA) is 52.7 Å². The van der Waals surface area contributed by atoms with E-state index in [0.717, 1.165) is 19.5 Å². The summed E-state index contributed by atoms with van der Waals surface area (Å²) >= 11 is 0. The van der Waals surface area contributed by atoms with Crippen LogP contribution in [-0.2, 0) is 9.59 Å². The van der Waals surface area contributed by atoms with Gasteiger partial charge < -0.3 is 10.2 Å². The van der Waals surface area contributed by atoms with Crippen molar-refractivity contribution >= 4 is 11.8 Å². The number of carbonyl (C=O) groups excluding carboxylic acids is 2. The van der Waals surface area contributed by atoms with Crippen molar-refractivity contribution in [1.82, 2.24) is 15.1 Å². The summed E-state index contributed by atoms with van der Waals surface area (Å²) in [6, 6.07) is -0.297. The molecule has 1 heterocycles. The third kappa shape index (κ3) is 3.28. The van der Waals surface area contributed by atoms with Crippen molar-refractivity contribution in [1.29, 1.82) is 0 Å². The lowest BCUT2D eigenvalue weighted by atomic mass is 10.2. The lowest BCUT2D eigenvalue weighted by Gasteiger charge is -2.14. The Balaban J connectivity index is 2.29. The van der Waals surface area contributed by atoms with Gasteiger partial charge in [0.2, 0.25) is 11.8 Å². The molecule has 1 aliphatic heterocycles. The number of hydrogen-bond acceptors (Lipinski definition) is 4. The van der Waals surface area contributed by atoms with Crippen molar-refractivity contribution in [3.63, 3.8) is 0 Å². The van der Waals surface area contributed by atoms with E-state index in [-0.39, 0.29) is 17.9 Å². The predicted molar refractivity (Wildman–Crippen MR) is 62.0 cm³/mol. The summed E-state index contributed by atoms with van der Waals surface area (Å²) in [7, 11) is 4.03. The van der Waals surface area contributed by atoms with E-state index >= 15 is 0 Å². The van der Waals surface area contributed by atoms with E-state index in [1.54, 1.807) is 0 Å². The van der Waals surface area contributed by atoms with Crippen molar-refractivity contribution < 1.29 is 9.59 Å². The van der Waals surface area contributed by atoms with E-state index < -0.39 is 0 Å². The van der Waals surface area contributed by atoms with Crippen LogP contribution in [0.5, 0.6) is 0 Å². The highest BCUT2D eigenvalue weighted by atomic mass is 16.2. The Kier molecular flexibility index (Phi) is 4.89. The molecule has 0 radical (unpaired) electrons. The fourth-order valence-corrected chi connectivity index (χ4v) is 1.85. The first-order chi connectivity index (χ1) is 7.56. The molecule has 1 fully saturated rings. The average molecular weight is 227 g/mol. The Bertz CT molecular complexity index is 266. The number of hydrogen-bond donors (Lipinski definition) is 1. The zero-order chi connectivity index (χ0) is 12.1. The fourth-order valence-electron chi connectivity index (χ4n) is 1.85. The molecule has 5 heteroatoms. The summed E-state index contributed by atoms with van der Waals surface area (Å²) in [5, 5.41) is 3.14. The van der Waals surface area contributed by atoms with Gasteiger partial charge in [0.1, 0.15) is 0 Å². The predicted octanol–water partition coefficient (Wildman–Crippen LogP) is -0.325. The van der Waals surface area contributed by atoms with Gasteiger partial charge in [0.25, 0.3) is 0 Å². The molecule has 0 bridgehead atoms. The summed E-state index contributed by atoms with van der Waals surface area (Å²) in [4.78, 5) is 26.6. The maximum absolute atomic E-state index is 11.7. The highest BCUT2D eigenvalue weighted by Gasteiger charge is 2.36. The standard InChI is InChI=1S/C11H21N3O2/c1-4-14-10(15)8-9(11(14)16)12-6-5-7-13(2)3/h9,12H,4-8H2,1-3H3. The number of imide groups is 1. The largest absolute Gasteiger partial charge is 0.309 e. The van der Waals surface area contributed by atoms with Gasteiger partial charge in [0, 0.05) is 6.54 Å². The first kappa shape index (κ1) is 13.1. The Hall–Kier alpha value is -0.940. The molecular weight excluding hydrogens is 206 g/mol. The Labute approximate surface area is 96.8 Å². The molecule has 2 amide bonds. The van der Waals surface area contributed by atoms with E-state index in [9.17, 15) is 9.59 Å². The molecule has 16 heavy (non-hydrogen) atoms. The van der Waals surface area contributed by atoms with Crippen LogP contribution in [0.3, 0.4) is 0 Å². The summed E-state index contributed by atoms with van der Waals surface area (Å²) < 4.78 is 0. The summed E-state index contributed by atoms with van der Waals surface area (Å²) in [5.74, 6) is -0.130. The zero-order valence-electron chi connectivity index (χ0n) is 10.3. The monoisotopic (exact) mass is 227 g/mol. The number of amides is 2. The van der Waals surface area contributed by atoms with Crippen LogP contribution in [0.15, 0.2) is 0 Å². The molecule has 0 aromatic carbocycles. The lowest BCUT2D eigenvalue weighted by molar-refractivity contribution is -0.138. The minimum atomic E-state index is -0.297. The van der Waals surface area contributed by atoms with Crippen LogP contribution in [0.25, 0.3) is 0 Å². The number of nitrogens with one attached hydrogen (secondary N) is 1. The summed E-state index contributed by atoms with van der Waals surface area (Å²) in [6.45, 7) is 4.07. The average Bonchev–Trinajstić information content (AvgIpc) is 2.48. The molecule has 1 aliphatic rings. The van der Waals surface area contributed by atoms with Gasteiger partial charge in [0.05, 0.1) is 12.5 Å². The van der Waals surface area contributed by atoms with Gasteiger partial charge in [0.15, 0.2) is 0 Å². The van der Waals surface area contributed by atoms with Gasteiger partial charge in [-0.2, -0.15) is 0 Å². The van der Waals surface area contributed by atoms with Crippen molar-refractivity contribution in [3.05, 3.63) is 0 Å². The molecule has 0 aromatic rings. The maximum atomic E-state index is 11.7. The molecule has 1 unspecified atom stereocenters. The van der Waals surface area contributed by atoms with Crippen LogP contribution in [0.4, 0.5) is 0 Å². The molecule has 1 rings (SSSR count). The molecule has 92 valence electrons. The van der Waals surface area contributed by atoms with Gasteiger partial charge >= 0.3 is 0 Å². The van der Waals surface area contributed by atoms with E-state index in [4.69, 9.17) is 0 Å². The maximum Gasteiger partial charge on any atom is 0.246 e. The van der Waals surface area contributed by atoms with E-state index in [1.165, 1.54) is 4.90 Å². The molecule has 1 N–H and O–H groups in total. The molecule has 1 saturated heterocycles.